The number of aliphatic carboxylic acids is 1. The molecule has 1 aromatic rings. The first-order chi connectivity index (χ1) is 11.6. The number of halogens is 2. The van der Waals surface area contributed by atoms with Crippen LogP contribution in [0.5, 0.6) is 0 Å². The van der Waals surface area contributed by atoms with Gasteiger partial charge in [0.05, 0.1) is 17.2 Å². The molecule has 0 aliphatic carbocycles. The Bertz CT molecular complexity index is 748. The van der Waals surface area contributed by atoms with Crippen LogP contribution in [0.1, 0.15) is 18.9 Å². The van der Waals surface area contributed by atoms with Crippen molar-refractivity contribution in [1.29, 1.82) is 0 Å². The molecular weight excluding hydrogens is 356 g/mol. The SMILES string of the molecule is CC1CC(C(=O)O)CN(C(=O)Cc2ccc(S(=O)(=O)C(F)F)cc2)C1. The van der Waals surface area contributed by atoms with Crippen molar-refractivity contribution < 1.29 is 31.9 Å². The van der Waals surface area contributed by atoms with Gasteiger partial charge in [0.15, 0.2) is 0 Å². The highest BCUT2D eigenvalue weighted by molar-refractivity contribution is 7.91. The Hall–Kier alpha value is -2.03. The van der Waals surface area contributed by atoms with Gasteiger partial charge in [0.25, 0.3) is 0 Å². The van der Waals surface area contributed by atoms with E-state index in [1.807, 2.05) is 6.92 Å². The number of amides is 1. The third-order valence-electron chi connectivity index (χ3n) is 4.20. The largest absolute Gasteiger partial charge is 0.481 e. The fourth-order valence-electron chi connectivity index (χ4n) is 2.92. The van der Waals surface area contributed by atoms with Crippen LogP contribution >= 0.6 is 0 Å². The lowest BCUT2D eigenvalue weighted by molar-refractivity contribution is -0.146. The van der Waals surface area contributed by atoms with Crippen molar-refractivity contribution in [1.82, 2.24) is 4.90 Å². The van der Waals surface area contributed by atoms with E-state index in [1.54, 1.807) is 0 Å². The van der Waals surface area contributed by atoms with Gasteiger partial charge in [-0.25, -0.2) is 8.42 Å². The minimum atomic E-state index is -4.66. The van der Waals surface area contributed by atoms with Gasteiger partial charge in [-0.3, -0.25) is 9.59 Å². The highest BCUT2D eigenvalue weighted by Crippen LogP contribution is 2.23. The van der Waals surface area contributed by atoms with Gasteiger partial charge in [-0.2, -0.15) is 8.78 Å². The van der Waals surface area contributed by atoms with E-state index >= 15 is 0 Å². The molecule has 0 spiro atoms. The van der Waals surface area contributed by atoms with Crippen LogP contribution in [0.3, 0.4) is 0 Å². The summed E-state index contributed by atoms with van der Waals surface area (Å²) >= 11 is 0. The summed E-state index contributed by atoms with van der Waals surface area (Å²) in [5.74, 6) is -5.25. The molecule has 0 aromatic heterocycles. The summed E-state index contributed by atoms with van der Waals surface area (Å²) in [5, 5.41) is 9.14. The lowest BCUT2D eigenvalue weighted by Crippen LogP contribution is -2.46. The van der Waals surface area contributed by atoms with E-state index < -0.39 is 32.4 Å². The van der Waals surface area contributed by atoms with Crippen molar-refractivity contribution in [2.45, 2.75) is 30.4 Å². The van der Waals surface area contributed by atoms with Crippen LogP contribution in [0.25, 0.3) is 0 Å². The Morgan fingerprint density at radius 1 is 1.24 bits per heavy atom. The number of carboxylic acids is 1. The predicted octanol–water partition coefficient (Wildman–Crippen LogP) is 1.79. The number of piperidine rings is 1. The molecule has 138 valence electrons. The lowest BCUT2D eigenvalue weighted by Gasteiger charge is -2.34. The molecule has 9 heteroatoms. The summed E-state index contributed by atoms with van der Waals surface area (Å²) in [6, 6.07) is 4.72. The van der Waals surface area contributed by atoms with E-state index in [0.717, 1.165) is 12.1 Å². The second-order valence-electron chi connectivity index (χ2n) is 6.30. The molecule has 6 nitrogen and oxygen atoms in total. The number of rotatable bonds is 5. The maximum absolute atomic E-state index is 12.5. The zero-order chi connectivity index (χ0) is 18.8. The van der Waals surface area contributed by atoms with Crippen LogP contribution in [0.4, 0.5) is 8.78 Å². The highest BCUT2D eigenvalue weighted by atomic mass is 32.2. The molecule has 1 fully saturated rings. The van der Waals surface area contributed by atoms with Crippen LogP contribution in [-0.2, 0) is 25.8 Å². The van der Waals surface area contributed by atoms with Gasteiger partial charge in [0.1, 0.15) is 0 Å². The Morgan fingerprint density at radius 2 is 1.84 bits per heavy atom. The molecule has 25 heavy (non-hydrogen) atoms. The fraction of sp³-hybridized carbons (Fsp3) is 0.500. The molecule has 2 unspecified atom stereocenters. The fourth-order valence-corrected chi connectivity index (χ4v) is 3.64. The van der Waals surface area contributed by atoms with E-state index in [2.05, 4.69) is 0 Å². The zero-order valence-electron chi connectivity index (χ0n) is 13.6. The zero-order valence-corrected chi connectivity index (χ0v) is 14.4. The van der Waals surface area contributed by atoms with Gasteiger partial charge < -0.3 is 10.0 Å². The molecule has 0 saturated carbocycles. The van der Waals surface area contributed by atoms with Crippen LogP contribution in [0, 0.1) is 11.8 Å². The molecule has 2 rings (SSSR count). The number of carboxylic acid groups (broad SMARTS) is 1. The van der Waals surface area contributed by atoms with Crippen LogP contribution in [0.2, 0.25) is 0 Å². The molecule has 1 aliphatic heterocycles. The number of alkyl halides is 2. The lowest BCUT2D eigenvalue weighted by atomic mass is 9.90. The highest BCUT2D eigenvalue weighted by Gasteiger charge is 2.32. The smallest absolute Gasteiger partial charge is 0.341 e. The van der Waals surface area contributed by atoms with Gasteiger partial charge >= 0.3 is 11.7 Å². The Morgan fingerprint density at radius 3 is 2.36 bits per heavy atom. The first-order valence-corrected chi connectivity index (χ1v) is 9.27. The number of nitrogens with zero attached hydrogens (tertiary/aromatic N) is 1. The monoisotopic (exact) mass is 375 g/mol. The number of hydrogen-bond donors (Lipinski definition) is 1. The van der Waals surface area contributed by atoms with Crippen molar-refractivity contribution in [2.24, 2.45) is 11.8 Å². The minimum Gasteiger partial charge on any atom is -0.481 e. The average Bonchev–Trinajstić information content (AvgIpc) is 2.54. The van der Waals surface area contributed by atoms with Crippen molar-refractivity contribution in [2.75, 3.05) is 13.1 Å². The number of carbonyl (C=O) groups excluding carboxylic acids is 1. The summed E-state index contributed by atoms with van der Waals surface area (Å²) < 4.78 is 47.7. The number of likely N-dealkylation sites (tertiary alicyclic amines) is 1. The Kier molecular flexibility index (Phi) is 5.76. The van der Waals surface area contributed by atoms with E-state index in [1.165, 1.54) is 17.0 Å². The van der Waals surface area contributed by atoms with Crippen LogP contribution < -0.4 is 0 Å². The number of hydrogen-bond acceptors (Lipinski definition) is 4. The van der Waals surface area contributed by atoms with Crippen molar-refractivity contribution in [3.05, 3.63) is 29.8 Å². The molecular formula is C16H19F2NO5S. The standard InChI is InChI=1S/C16H19F2NO5S/c1-10-6-12(15(21)22)9-19(8-10)14(20)7-11-2-4-13(5-3-11)25(23,24)16(17)18/h2-5,10,12,16H,6-9H2,1H3,(H,21,22). The first kappa shape index (κ1) is 19.3. The van der Waals surface area contributed by atoms with Gasteiger partial charge in [0, 0.05) is 13.1 Å². The van der Waals surface area contributed by atoms with E-state index in [0.29, 0.717) is 18.5 Å². The first-order valence-electron chi connectivity index (χ1n) is 7.73. The molecule has 0 radical (unpaired) electrons. The third-order valence-corrected chi connectivity index (χ3v) is 5.60. The van der Waals surface area contributed by atoms with E-state index in [4.69, 9.17) is 5.11 Å². The number of sulfone groups is 1. The third kappa shape index (κ3) is 4.53. The van der Waals surface area contributed by atoms with Crippen LogP contribution in [0.15, 0.2) is 29.2 Å². The number of benzene rings is 1. The van der Waals surface area contributed by atoms with E-state index in [-0.39, 0.29) is 24.8 Å². The molecule has 1 aliphatic rings. The number of carbonyl (C=O) groups is 2. The van der Waals surface area contributed by atoms with Crippen molar-refractivity contribution in [3.63, 3.8) is 0 Å². The van der Waals surface area contributed by atoms with Gasteiger partial charge in [0.2, 0.25) is 15.7 Å². The minimum absolute atomic E-state index is 0.0476. The van der Waals surface area contributed by atoms with Gasteiger partial charge in [-0.05, 0) is 30.0 Å². The Balaban J connectivity index is 2.07. The molecule has 1 aromatic carbocycles. The molecule has 1 heterocycles. The van der Waals surface area contributed by atoms with Gasteiger partial charge in [-0.1, -0.05) is 19.1 Å². The van der Waals surface area contributed by atoms with Crippen molar-refractivity contribution >= 4 is 21.7 Å². The second-order valence-corrected chi connectivity index (χ2v) is 8.22. The molecule has 1 N–H and O–H groups in total. The Labute approximate surface area is 144 Å². The second kappa shape index (κ2) is 7.47. The van der Waals surface area contributed by atoms with Crippen molar-refractivity contribution in [3.8, 4) is 0 Å². The quantitative estimate of drug-likeness (QED) is 0.847. The summed E-state index contributed by atoms with van der Waals surface area (Å²) in [5.41, 5.74) is 0.475. The summed E-state index contributed by atoms with van der Waals surface area (Å²) in [6.07, 6.45) is 0.466. The molecule has 0 bridgehead atoms. The average molecular weight is 375 g/mol. The topological polar surface area (TPSA) is 91.8 Å². The maximum Gasteiger partial charge on any atom is 0.341 e. The summed E-state index contributed by atoms with van der Waals surface area (Å²) in [4.78, 5) is 24.5. The van der Waals surface area contributed by atoms with Crippen LogP contribution in [-0.4, -0.2) is 49.1 Å². The molecule has 2 atom stereocenters. The summed E-state index contributed by atoms with van der Waals surface area (Å²) in [6.45, 7) is 2.47. The van der Waals surface area contributed by atoms with Gasteiger partial charge in [-0.15, -0.1) is 0 Å². The molecule has 1 amide bonds. The van der Waals surface area contributed by atoms with E-state index in [9.17, 15) is 26.8 Å². The maximum atomic E-state index is 12.5. The normalized spacial score (nSPS) is 21.4. The molecule has 1 saturated heterocycles. The summed E-state index contributed by atoms with van der Waals surface area (Å²) in [7, 11) is -4.66. The predicted molar refractivity (Wildman–Crippen MR) is 84.8 cm³/mol.